The van der Waals surface area contributed by atoms with Crippen molar-refractivity contribution in [2.45, 2.75) is 32.5 Å². The molecule has 1 aliphatic heterocycles. The zero-order chi connectivity index (χ0) is 9.84. The lowest BCUT2D eigenvalue weighted by atomic mass is 10.2. The minimum atomic E-state index is 0.329. The summed E-state index contributed by atoms with van der Waals surface area (Å²) < 4.78 is 5.62. The van der Waals surface area contributed by atoms with Gasteiger partial charge in [0.05, 0.1) is 17.2 Å². The van der Waals surface area contributed by atoms with E-state index in [2.05, 4.69) is 18.7 Å². The summed E-state index contributed by atoms with van der Waals surface area (Å²) in [7, 11) is 0. The summed E-state index contributed by atoms with van der Waals surface area (Å²) in [5.41, 5.74) is 5.45. The van der Waals surface area contributed by atoms with E-state index in [9.17, 15) is 0 Å². The molecule has 1 aliphatic rings. The van der Waals surface area contributed by atoms with Gasteiger partial charge in [-0.25, -0.2) is 0 Å². The Bertz CT molecular complexity index is 176. The van der Waals surface area contributed by atoms with Gasteiger partial charge in [0.15, 0.2) is 0 Å². The first-order valence-electron chi connectivity index (χ1n) is 4.74. The molecule has 2 atom stereocenters. The molecule has 0 aliphatic carbocycles. The van der Waals surface area contributed by atoms with E-state index >= 15 is 0 Å². The highest BCUT2D eigenvalue weighted by atomic mass is 32.1. The van der Waals surface area contributed by atoms with E-state index in [1.54, 1.807) is 0 Å². The van der Waals surface area contributed by atoms with Crippen molar-refractivity contribution >= 4 is 17.2 Å². The zero-order valence-electron chi connectivity index (χ0n) is 8.32. The standard InChI is InChI=1S/C9H18N2OS/c1-7-5-11(4-3-9(10)13)6-8(2)12-7/h7-8H,3-6H2,1-2H3,(H2,10,13)/t7-,8+. The SMILES string of the molecule is C[C@@H]1CN(CCC(N)=S)C[C@H](C)O1. The van der Waals surface area contributed by atoms with Crippen LogP contribution >= 0.6 is 12.2 Å². The molecule has 3 nitrogen and oxygen atoms in total. The van der Waals surface area contributed by atoms with Crippen molar-refractivity contribution in [3.8, 4) is 0 Å². The molecule has 0 aromatic rings. The molecule has 0 unspecified atom stereocenters. The highest BCUT2D eigenvalue weighted by Gasteiger charge is 2.21. The van der Waals surface area contributed by atoms with Gasteiger partial charge in [-0.15, -0.1) is 0 Å². The molecule has 4 heteroatoms. The van der Waals surface area contributed by atoms with Gasteiger partial charge in [0, 0.05) is 26.1 Å². The van der Waals surface area contributed by atoms with Crippen molar-refractivity contribution in [2.75, 3.05) is 19.6 Å². The van der Waals surface area contributed by atoms with Crippen molar-refractivity contribution in [1.29, 1.82) is 0 Å². The fourth-order valence-corrected chi connectivity index (χ4v) is 1.83. The Balaban J connectivity index is 2.28. The zero-order valence-corrected chi connectivity index (χ0v) is 9.14. The van der Waals surface area contributed by atoms with Crippen molar-refractivity contribution in [3.05, 3.63) is 0 Å². The first-order chi connectivity index (χ1) is 6.08. The average Bonchev–Trinajstić information content (AvgIpc) is 1.99. The number of nitrogens with two attached hydrogens (primary N) is 1. The number of hydrogen-bond donors (Lipinski definition) is 1. The molecule has 0 aromatic carbocycles. The van der Waals surface area contributed by atoms with E-state index in [4.69, 9.17) is 22.7 Å². The summed E-state index contributed by atoms with van der Waals surface area (Å²) in [4.78, 5) is 2.96. The van der Waals surface area contributed by atoms with Gasteiger partial charge in [0.1, 0.15) is 0 Å². The van der Waals surface area contributed by atoms with Crippen LogP contribution in [0.3, 0.4) is 0 Å². The fourth-order valence-electron chi connectivity index (χ4n) is 1.74. The van der Waals surface area contributed by atoms with Crippen LogP contribution in [0.25, 0.3) is 0 Å². The van der Waals surface area contributed by atoms with Crippen LogP contribution in [-0.4, -0.2) is 41.7 Å². The van der Waals surface area contributed by atoms with E-state index in [1.165, 1.54) is 0 Å². The van der Waals surface area contributed by atoms with Crippen molar-refractivity contribution in [2.24, 2.45) is 5.73 Å². The van der Waals surface area contributed by atoms with Crippen LogP contribution in [0.4, 0.5) is 0 Å². The van der Waals surface area contributed by atoms with Crippen molar-refractivity contribution in [1.82, 2.24) is 4.90 Å². The van der Waals surface area contributed by atoms with Gasteiger partial charge in [-0.1, -0.05) is 12.2 Å². The summed E-state index contributed by atoms with van der Waals surface area (Å²) in [5.74, 6) is 0. The summed E-state index contributed by atoms with van der Waals surface area (Å²) >= 11 is 4.84. The second-order valence-electron chi connectivity index (χ2n) is 3.73. The Morgan fingerprint density at radius 2 is 2.00 bits per heavy atom. The first kappa shape index (κ1) is 10.9. The molecule has 1 fully saturated rings. The van der Waals surface area contributed by atoms with Crippen LogP contribution in [-0.2, 0) is 4.74 Å². The van der Waals surface area contributed by atoms with E-state index in [0.717, 1.165) is 26.1 Å². The van der Waals surface area contributed by atoms with Crippen molar-refractivity contribution < 1.29 is 4.74 Å². The number of rotatable bonds is 3. The summed E-state index contributed by atoms with van der Waals surface area (Å²) in [5, 5.41) is 0. The third-order valence-electron chi connectivity index (χ3n) is 2.17. The first-order valence-corrected chi connectivity index (χ1v) is 5.15. The van der Waals surface area contributed by atoms with E-state index in [1.807, 2.05) is 0 Å². The molecular weight excluding hydrogens is 184 g/mol. The minimum Gasteiger partial charge on any atom is -0.393 e. The Hall–Kier alpha value is -0.190. The second-order valence-corrected chi connectivity index (χ2v) is 4.26. The Morgan fingerprint density at radius 1 is 1.46 bits per heavy atom. The lowest BCUT2D eigenvalue weighted by Crippen LogP contribution is -2.46. The van der Waals surface area contributed by atoms with Gasteiger partial charge in [-0.2, -0.15) is 0 Å². The van der Waals surface area contributed by atoms with Crippen LogP contribution in [0, 0.1) is 0 Å². The average molecular weight is 202 g/mol. The van der Waals surface area contributed by atoms with Gasteiger partial charge in [0.25, 0.3) is 0 Å². The van der Waals surface area contributed by atoms with Gasteiger partial charge < -0.3 is 10.5 Å². The van der Waals surface area contributed by atoms with Crippen LogP contribution < -0.4 is 5.73 Å². The predicted molar refractivity (Wildman–Crippen MR) is 57.9 cm³/mol. The summed E-state index contributed by atoms with van der Waals surface area (Å²) in [6, 6.07) is 0. The molecule has 2 N–H and O–H groups in total. The quantitative estimate of drug-likeness (QED) is 0.686. The Morgan fingerprint density at radius 3 is 2.46 bits per heavy atom. The maximum absolute atomic E-state index is 5.62. The third kappa shape index (κ3) is 4.02. The number of ether oxygens (including phenoxy) is 1. The monoisotopic (exact) mass is 202 g/mol. The lowest BCUT2D eigenvalue weighted by molar-refractivity contribution is -0.0671. The minimum absolute atomic E-state index is 0.329. The molecule has 0 radical (unpaired) electrons. The second kappa shape index (κ2) is 4.88. The molecule has 0 aromatic heterocycles. The molecule has 1 rings (SSSR count). The number of morpholine rings is 1. The topological polar surface area (TPSA) is 38.5 Å². The maximum Gasteiger partial charge on any atom is 0.0740 e. The van der Waals surface area contributed by atoms with Gasteiger partial charge in [-0.05, 0) is 13.8 Å². The number of thiocarbonyl (C=S) groups is 1. The molecule has 0 spiro atoms. The summed E-state index contributed by atoms with van der Waals surface area (Å²) in [6.45, 7) is 7.15. The van der Waals surface area contributed by atoms with Crippen LogP contribution in [0.1, 0.15) is 20.3 Å². The molecule has 13 heavy (non-hydrogen) atoms. The van der Waals surface area contributed by atoms with Gasteiger partial charge >= 0.3 is 0 Å². The molecule has 0 amide bonds. The van der Waals surface area contributed by atoms with Gasteiger partial charge in [0.2, 0.25) is 0 Å². The number of nitrogens with zero attached hydrogens (tertiary/aromatic N) is 1. The fraction of sp³-hybridized carbons (Fsp3) is 0.889. The third-order valence-corrected chi connectivity index (χ3v) is 2.37. The lowest BCUT2D eigenvalue weighted by Gasteiger charge is -2.35. The molecular formula is C9H18N2OS. The highest BCUT2D eigenvalue weighted by molar-refractivity contribution is 7.80. The summed E-state index contributed by atoms with van der Waals surface area (Å²) in [6.07, 6.45) is 1.47. The van der Waals surface area contributed by atoms with Crippen LogP contribution in [0.15, 0.2) is 0 Å². The van der Waals surface area contributed by atoms with E-state index in [0.29, 0.717) is 17.2 Å². The number of hydrogen-bond acceptors (Lipinski definition) is 3. The smallest absolute Gasteiger partial charge is 0.0740 e. The van der Waals surface area contributed by atoms with Crippen LogP contribution in [0.2, 0.25) is 0 Å². The Labute approximate surface area is 85.2 Å². The predicted octanol–water partition coefficient (Wildman–Crippen LogP) is 0.772. The Kier molecular flexibility index (Phi) is 4.09. The largest absolute Gasteiger partial charge is 0.393 e. The molecule has 1 saturated heterocycles. The van der Waals surface area contributed by atoms with E-state index in [-0.39, 0.29) is 0 Å². The molecule has 76 valence electrons. The maximum atomic E-state index is 5.62. The van der Waals surface area contributed by atoms with Crippen molar-refractivity contribution in [3.63, 3.8) is 0 Å². The van der Waals surface area contributed by atoms with Crippen LogP contribution in [0.5, 0.6) is 0 Å². The van der Waals surface area contributed by atoms with E-state index < -0.39 is 0 Å². The highest BCUT2D eigenvalue weighted by Crippen LogP contribution is 2.10. The molecule has 0 saturated carbocycles. The molecule has 0 bridgehead atoms. The normalized spacial score (nSPS) is 30.3. The molecule has 1 heterocycles. The van der Waals surface area contributed by atoms with Gasteiger partial charge in [-0.3, -0.25) is 4.90 Å².